The average molecular weight is 403 g/mol. The predicted octanol–water partition coefficient (Wildman–Crippen LogP) is 3.29. The van der Waals surface area contributed by atoms with Crippen LogP contribution in [0.4, 0.5) is 4.39 Å². The van der Waals surface area contributed by atoms with Gasteiger partial charge >= 0.3 is 0 Å². The molecule has 5 rings (SSSR count). The van der Waals surface area contributed by atoms with Crippen LogP contribution in [0.2, 0.25) is 0 Å². The van der Waals surface area contributed by atoms with E-state index in [1.54, 1.807) is 18.3 Å². The smallest absolute Gasteiger partial charge is 0.256 e. The van der Waals surface area contributed by atoms with Crippen molar-refractivity contribution in [3.05, 3.63) is 76.0 Å². The Labute approximate surface area is 173 Å². The Hall–Kier alpha value is -3.32. The van der Waals surface area contributed by atoms with E-state index in [0.717, 1.165) is 37.0 Å². The van der Waals surface area contributed by atoms with Gasteiger partial charge in [-0.15, -0.1) is 0 Å². The molecule has 1 aliphatic rings. The van der Waals surface area contributed by atoms with Gasteiger partial charge in [-0.1, -0.05) is 6.07 Å². The molecule has 0 saturated carbocycles. The van der Waals surface area contributed by atoms with Crippen LogP contribution in [0.5, 0.6) is 0 Å². The topological polar surface area (TPSA) is 64.7 Å². The van der Waals surface area contributed by atoms with Crippen molar-refractivity contribution in [2.45, 2.75) is 26.1 Å². The quantitative estimate of drug-likeness (QED) is 0.570. The Kier molecular flexibility index (Phi) is 4.67. The minimum Gasteiger partial charge on any atom is -0.332 e. The van der Waals surface area contributed by atoms with Gasteiger partial charge in [-0.05, 0) is 49.2 Å². The number of aryl methyl sites for hydroxylation is 1. The summed E-state index contributed by atoms with van der Waals surface area (Å²) in [5, 5.41) is 4.60. The fraction of sp³-hybridized carbons (Fsp3) is 0.261. The monoisotopic (exact) mass is 403 g/mol. The molecule has 7 heteroatoms. The molecule has 4 aromatic rings. The number of rotatable bonds is 3. The van der Waals surface area contributed by atoms with E-state index in [9.17, 15) is 9.18 Å². The highest BCUT2D eigenvalue weighted by Crippen LogP contribution is 2.27. The van der Waals surface area contributed by atoms with Crippen LogP contribution in [0.3, 0.4) is 0 Å². The maximum atomic E-state index is 12.8. The number of halogens is 1. The predicted molar refractivity (Wildman–Crippen MR) is 114 cm³/mol. The van der Waals surface area contributed by atoms with Gasteiger partial charge in [0.05, 0.1) is 5.69 Å². The van der Waals surface area contributed by atoms with Crippen molar-refractivity contribution in [3.8, 4) is 17.1 Å². The minimum atomic E-state index is -0.554. The van der Waals surface area contributed by atoms with Gasteiger partial charge in [0.2, 0.25) is 0 Å². The van der Waals surface area contributed by atoms with Crippen LogP contribution in [0.25, 0.3) is 28.1 Å². The van der Waals surface area contributed by atoms with E-state index in [2.05, 4.69) is 20.9 Å². The number of hydrogen-bond acceptors (Lipinski definition) is 4. The van der Waals surface area contributed by atoms with E-state index in [0.29, 0.717) is 22.6 Å². The van der Waals surface area contributed by atoms with Gasteiger partial charge < -0.3 is 9.88 Å². The number of alkyl halides is 1. The standard InChI is InChI=1S/C23H22FN5O/c1-28-20-3-2-9-25-14-18(20)17-5-7-21(27-23(17)28)29-10-8-16(11-22(29)30)19-6-4-15(12-24)13-26-19/h4-8,10-11,13,25H,2-3,9,12,14H2,1H3. The van der Waals surface area contributed by atoms with Gasteiger partial charge in [-0.3, -0.25) is 14.3 Å². The lowest BCUT2D eigenvalue weighted by molar-refractivity contribution is 0.484. The number of hydrogen-bond donors (Lipinski definition) is 1. The summed E-state index contributed by atoms with van der Waals surface area (Å²) in [5.74, 6) is 0.587. The van der Waals surface area contributed by atoms with Crippen molar-refractivity contribution in [2.24, 2.45) is 7.05 Å². The van der Waals surface area contributed by atoms with Crippen LogP contribution in [-0.2, 0) is 26.7 Å². The first kappa shape index (κ1) is 18.7. The highest BCUT2D eigenvalue weighted by atomic mass is 19.1. The average Bonchev–Trinajstić information content (AvgIpc) is 2.93. The SMILES string of the molecule is Cn1c2c(c3ccc(-n4ccc(-c5ccc(CF)cn5)cc4=O)nc31)CNCCC2. The molecule has 1 N–H and O–H groups in total. The molecule has 0 radical (unpaired) electrons. The summed E-state index contributed by atoms with van der Waals surface area (Å²) in [6, 6.07) is 10.7. The third-order valence-electron chi connectivity index (χ3n) is 5.77. The second kappa shape index (κ2) is 7.50. The zero-order valence-electron chi connectivity index (χ0n) is 16.7. The highest BCUT2D eigenvalue weighted by Gasteiger charge is 2.18. The van der Waals surface area contributed by atoms with E-state index in [1.807, 2.05) is 19.2 Å². The number of nitrogens with one attached hydrogen (secondary N) is 1. The van der Waals surface area contributed by atoms with Crippen molar-refractivity contribution in [3.63, 3.8) is 0 Å². The second-order valence-electron chi connectivity index (χ2n) is 7.61. The van der Waals surface area contributed by atoms with Crippen LogP contribution in [0.1, 0.15) is 23.2 Å². The van der Waals surface area contributed by atoms with Crippen molar-refractivity contribution in [1.82, 2.24) is 24.4 Å². The Morgan fingerprint density at radius 2 is 2.10 bits per heavy atom. The minimum absolute atomic E-state index is 0.187. The molecule has 5 heterocycles. The summed E-state index contributed by atoms with van der Waals surface area (Å²) >= 11 is 0. The molecule has 0 bridgehead atoms. The van der Waals surface area contributed by atoms with E-state index in [1.165, 1.54) is 28.1 Å². The molecule has 0 spiro atoms. The van der Waals surface area contributed by atoms with Gasteiger partial charge in [-0.2, -0.15) is 0 Å². The first-order valence-corrected chi connectivity index (χ1v) is 10.1. The molecule has 0 amide bonds. The fourth-order valence-corrected chi connectivity index (χ4v) is 4.16. The molecular formula is C23H22FN5O. The third kappa shape index (κ3) is 3.11. The third-order valence-corrected chi connectivity index (χ3v) is 5.77. The summed E-state index contributed by atoms with van der Waals surface area (Å²) < 4.78 is 16.4. The second-order valence-corrected chi connectivity index (χ2v) is 7.61. The molecule has 152 valence electrons. The van der Waals surface area contributed by atoms with E-state index < -0.39 is 6.67 Å². The molecule has 0 aromatic carbocycles. The van der Waals surface area contributed by atoms with Gasteiger partial charge in [0.25, 0.3) is 5.56 Å². The van der Waals surface area contributed by atoms with Crippen molar-refractivity contribution >= 4 is 11.0 Å². The number of aromatic nitrogens is 4. The van der Waals surface area contributed by atoms with Crippen LogP contribution in [-0.4, -0.2) is 25.6 Å². The molecule has 0 aliphatic carbocycles. The summed E-state index contributed by atoms with van der Waals surface area (Å²) in [6.07, 6.45) is 5.33. The molecule has 4 aromatic heterocycles. The lowest BCUT2D eigenvalue weighted by Gasteiger charge is -2.08. The van der Waals surface area contributed by atoms with Crippen molar-refractivity contribution in [1.29, 1.82) is 0 Å². The van der Waals surface area contributed by atoms with Gasteiger partial charge in [-0.25, -0.2) is 9.37 Å². The maximum absolute atomic E-state index is 12.8. The molecule has 1 aliphatic heterocycles. The normalized spacial score (nSPS) is 13.9. The summed E-state index contributed by atoms with van der Waals surface area (Å²) in [4.78, 5) is 21.9. The van der Waals surface area contributed by atoms with Crippen molar-refractivity contribution < 1.29 is 4.39 Å². The fourth-order valence-electron chi connectivity index (χ4n) is 4.16. The first-order chi connectivity index (χ1) is 14.7. The largest absolute Gasteiger partial charge is 0.332 e. The zero-order valence-corrected chi connectivity index (χ0v) is 16.7. The molecule has 0 fully saturated rings. The number of pyridine rings is 3. The van der Waals surface area contributed by atoms with E-state index in [4.69, 9.17) is 4.98 Å². The Morgan fingerprint density at radius 1 is 1.20 bits per heavy atom. The van der Waals surface area contributed by atoms with Crippen LogP contribution < -0.4 is 10.9 Å². The van der Waals surface area contributed by atoms with E-state index in [-0.39, 0.29) is 5.56 Å². The van der Waals surface area contributed by atoms with Crippen LogP contribution in [0.15, 0.2) is 53.6 Å². The lowest BCUT2D eigenvalue weighted by Crippen LogP contribution is -2.18. The van der Waals surface area contributed by atoms with Gasteiger partial charge in [0.15, 0.2) is 0 Å². The zero-order chi connectivity index (χ0) is 20.7. The lowest BCUT2D eigenvalue weighted by atomic mass is 10.1. The maximum Gasteiger partial charge on any atom is 0.256 e. The number of fused-ring (bicyclic) bond motifs is 3. The molecule has 0 unspecified atom stereocenters. The Balaban J connectivity index is 1.55. The van der Waals surface area contributed by atoms with E-state index >= 15 is 0 Å². The van der Waals surface area contributed by atoms with Gasteiger partial charge in [0.1, 0.15) is 18.1 Å². The molecule has 0 saturated heterocycles. The van der Waals surface area contributed by atoms with Crippen LogP contribution in [0, 0.1) is 0 Å². The number of nitrogens with zero attached hydrogens (tertiary/aromatic N) is 4. The highest BCUT2D eigenvalue weighted by molar-refractivity contribution is 5.83. The van der Waals surface area contributed by atoms with Gasteiger partial charge in [0, 0.05) is 54.3 Å². The van der Waals surface area contributed by atoms with Crippen molar-refractivity contribution in [2.75, 3.05) is 6.54 Å². The summed E-state index contributed by atoms with van der Waals surface area (Å²) in [5.41, 5.74) is 5.16. The first-order valence-electron chi connectivity index (χ1n) is 10.1. The summed E-state index contributed by atoms with van der Waals surface area (Å²) in [7, 11) is 2.04. The molecule has 6 nitrogen and oxygen atoms in total. The molecular weight excluding hydrogens is 381 g/mol. The molecule has 0 atom stereocenters. The summed E-state index contributed by atoms with van der Waals surface area (Å²) in [6.45, 7) is 1.31. The molecule has 30 heavy (non-hydrogen) atoms. The Bertz CT molecular complexity index is 1290. The van der Waals surface area contributed by atoms with Crippen LogP contribution >= 0.6 is 0 Å². The Morgan fingerprint density at radius 3 is 2.87 bits per heavy atom.